The zero-order valence-corrected chi connectivity index (χ0v) is 14.9. The van der Waals surface area contributed by atoms with Crippen molar-refractivity contribution in [3.63, 3.8) is 0 Å². The largest absolute Gasteiger partial charge is 0.484 e. The number of esters is 1. The Morgan fingerprint density at radius 2 is 1.88 bits per heavy atom. The van der Waals surface area contributed by atoms with E-state index < -0.39 is 17.8 Å². The van der Waals surface area contributed by atoms with Crippen molar-refractivity contribution in [2.45, 2.75) is 6.92 Å². The molecule has 0 fully saturated rings. The Hall–Kier alpha value is -3.13. The van der Waals surface area contributed by atoms with Crippen molar-refractivity contribution < 1.29 is 23.9 Å². The molecule has 2 aromatic rings. The second kappa shape index (κ2) is 10.00. The molecule has 0 unspecified atom stereocenters. The number of hydrogen-bond acceptors (Lipinski definition) is 6. The van der Waals surface area contributed by atoms with E-state index in [1.54, 1.807) is 37.3 Å². The van der Waals surface area contributed by atoms with Crippen LogP contribution in [0.5, 0.6) is 5.75 Å². The van der Waals surface area contributed by atoms with Crippen LogP contribution in [-0.4, -0.2) is 31.0 Å². The van der Waals surface area contributed by atoms with Gasteiger partial charge in [-0.1, -0.05) is 6.07 Å². The maximum atomic E-state index is 11.7. The molecule has 0 atom stereocenters. The molecule has 1 aromatic heterocycles. The van der Waals surface area contributed by atoms with E-state index in [0.717, 1.165) is 4.88 Å². The Morgan fingerprint density at radius 3 is 2.54 bits per heavy atom. The van der Waals surface area contributed by atoms with E-state index >= 15 is 0 Å². The molecule has 8 heteroatoms. The molecule has 136 valence electrons. The second-order valence-corrected chi connectivity index (χ2v) is 5.90. The zero-order valence-electron chi connectivity index (χ0n) is 14.1. The molecule has 0 bridgehead atoms. The average Bonchev–Trinajstić information content (AvgIpc) is 3.17. The zero-order chi connectivity index (χ0) is 18.8. The van der Waals surface area contributed by atoms with Gasteiger partial charge in [-0.25, -0.2) is 4.79 Å². The van der Waals surface area contributed by atoms with Crippen LogP contribution in [0, 0.1) is 0 Å². The minimum absolute atomic E-state index is 0.284. The highest BCUT2D eigenvalue weighted by Gasteiger charge is 2.07. The van der Waals surface area contributed by atoms with E-state index in [2.05, 4.69) is 10.9 Å². The highest BCUT2D eigenvalue weighted by Crippen LogP contribution is 2.13. The Morgan fingerprint density at radius 1 is 1.12 bits per heavy atom. The lowest BCUT2D eigenvalue weighted by atomic mass is 10.2. The quantitative estimate of drug-likeness (QED) is 0.440. The molecule has 1 aromatic carbocycles. The van der Waals surface area contributed by atoms with Gasteiger partial charge in [0, 0.05) is 11.0 Å². The monoisotopic (exact) mass is 374 g/mol. The number of hydrogen-bond donors (Lipinski definition) is 2. The molecule has 26 heavy (non-hydrogen) atoms. The van der Waals surface area contributed by atoms with Crippen LogP contribution in [0.15, 0.2) is 47.9 Å². The number of hydrazine groups is 1. The first-order chi connectivity index (χ1) is 12.6. The average molecular weight is 374 g/mol. The molecule has 0 aliphatic rings. The molecule has 2 N–H and O–H groups in total. The number of thiophene rings is 1. The van der Waals surface area contributed by atoms with Crippen molar-refractivity contribution in [1.29, 1.82) is 0 Å². The fourth-order valence-electron chi connectivity index (χ4n) is 1.80. The summed E-state index contributed by atoms with van der Waals surface area (Å²) in [5, 5.41) is 1.90. The van der Waals surface area contributed by atoms with Crippen LogP contribution < -0.4 is 15.6 Å². The van der Waals surface area contributed by atoms with Crippen molar-refractivity contribution in [2.24, 2.45) is 0 Å². The molecular weight excluding hydrogens is 356 g/mol. The lowest BCUT2D eigenvalue weighted by Gasteiger charge is -2.08. The third-order valence-corrected chi connectivity index (χ3v) is 3.84. The second-order valence-electron chi connectivity index (χ2n) is 4.92. The predicted octanol–water partition coefficient (Wildman–Crippen LogP) is 2.16. The van der Waals surface area contributed by atoms with Crippen LogP contribution in [0.3, 0.4) is 0 Å². The van der Waals surface area contributed by atoms with Crippen LogP contribution in [0.1, 0.15) is 22.2 Å². The number of nitrogens with one attached hydrogen (secondary N) is 2. The third-order valence-electron chi connectivity index (χ3n) is 3.00. The van der Waals surface area contributed by atoms with Gasteiger partial charge in [0.05, 0.1) is 12.2 Å². The van der Waals surface area contributed by atoms with Gasteiger partial charge in [-0.05, 0) is 48.7 Å². The normalized spacial score (nSPS) is 10.3. The molecule has 1 heterocycles. The number of benzene rings is 1. The Kier molecular flexibility index (Phi) is 7.38. The van der Waals surface area contributed by atoms with Crippen molar-refractivity contribution >= 4 is 35.2 Å². The molecule has 0 aliphatic carbocycles. The minimum atomic E-state index is -0.516. The van der Waals surface area contributed by atoms with E-state index in [4.69, 9.17) is 9.47 Å². The minimum Gasteiger partial charge on any atom is -0.484 e. The highest BCUT2D eigenvalue weighted by molar-refractivity contribution is 7.10. The molecule has 0 aliphatic heterocycles. The first-order valence-corrected chi connectivity index (χ1v) is 8.67. The van der Waals surface area contributed by atoms with E-state index in [9.17, 15) is 14.4 Å². The van der Waals surface area contributed by atoms with Gasteiger partial charge >= 0.3 is 5.97 Å². The Bertz CT molecular complexity index is 769. The van der Waals surface area contributed by atoms with Gasteiger partial charge in [0.2, 0.25) is 0 Å². The van der Waals surface area contributed by atoms with Gasteiger partial charge < -0.3 is 9.47 Å². The van der Waals surface area contributed by atoms with Crippen molar-refractivity contribution in [2.75, 3.05) is 13.2 Å². The van der Waals surface area contributed by atoms with Crippen molar-refractivity contribution in [3.05, 3.63) is 58.3 Å². The summed E-state index contributed by atoms with van der Waals surface area (Å²) >= 11 is 1.50. The van der Waals surface area contributed by atoms with Gasteiger partial charge in [0.15, 0.2) is 6.61 Å². The van der Waals surface area contributed by atoms with E-state index in [-0.39, 0.29) is 6.61 Å². The molecule has 7 nitrogen and oxygen atoms in total. The van der Waals surface area contributed by atoms with Crippen molar-refractivity contribution in [3.8, 4) is 5.75 Å². The summed E-state index contributed by atoms with van der Waals surface area (Å²) in [4.78, 5) is 35.7. The summed E-state index contributed by atoms with van der Waals surface area (Å²) in [6.07, 6.45) is 2.97. The maximum Gasteiger partial charge on any atom is 0.338 e. The number of ether oxygens (including phenoxy) is 2. The highest BCUT2D eigenvalue weighted by atomic mass is 32.1. The SMILES string of the molecule is CCOC(=O)c1ccc(OCC(=O)NNC(=O)/C=C/c2cccs2)cc1. The molecule has 0 saturated heterocycles. The predicted molar refractivity (Wildman–Crippen MR) is 97.5 cm³/mol. The topological polar surface area (TPSA) is 93.7 Å². The number of carbonyl (C=O) groups excluding carboxylic acids is 3. The fourth-order valence-corrected chi connectivity index (χ4v) is 2.42. The third kappa shape index (κ3) is 6.40. The number of carbonyl (C=O) groups is 3. The fraction of sp³-hybridized carbons (Fsp3) is 0.167. The van der Waals surface area contributed by atoms with Gasteiger partial charge in [0.1, 0.15) is 5.75 Å². The molecular formula is C18H18N2O5S. The number of amides is 2. The van der Waals surface area contributed by atoms with Crippen LogP contribution in [0.4, 0.5) is 0 Å². The number of rotatable bonds is 7. The van der Waals surface area contributed by atoms with E-state index in [0.29, 0.717) is 17.9 Å². The maximum absolute atomic E-state index is 11.7. The standard InChI is InChI=1S/C18H18N2O5S/c1-2-24-18(23)13-5-7-14(8-6-13)25-12-17(22)20-19-16(21)10-9-15-4-3-11-26-15/h3-11H,2,12H2,1H3,(H,19,21)(H,20,22)/b10-9+. The van der Waals surface area contributed by atoms with Crippen LogP contribution in [0.2, 0.25) is 0 Å². The molecule has 2 amide bonds. The first kappa shape index (κ1) is 19.2. The lowest BCUT2D eigenvalue weighted by molar-refractivity contribution is -0.128. The van der Waals surface area contributed by atoms with Gasteiger partial charge in [0.25, 0.3) is 11.8 Å². The Balaban J connectivity index is 1.71. The summed E-state index contributed by atoms with van der Waals surface area (Å²) in [6, 6.07) is 9.95. The van der Waals surface area contributed by atoms with Crippen LogP contribution in [0.25, 0.3) is 6.08 Å². The summed E-state index contributed by atoms with van der Waals surface area (Å²) in [6.45, 7) is 1.74. The lowest BCUT2D eigenvalue weighted by Crippen LogP contribution is -2.43. The molecule has 2 rings (SSSR count). The molecule has 0 spiro atoms. The van der Waals surface area contributed by atoms with Crippen LogP contribution in [-0.2, 0) is 14.3 Å². The van der Waals surface area contributed by atoms with Gasteiger partial charge in [-0.15, -0.1) is 11.3 Å². The van der Waals surface area contributed by atoms with E-state index in [1.807, 2.05) is 17.5 Å². The molecule has 0 saturated carbocycles. The summed E-state index contributed by atoms with van der Waals surface area (Å²) in [5.74, 6) is -0.977. The summed E-state index contributed by atoms with van der Waals surface area (Å²) < 4.78 is 10.2. The first-order valence-electron chi connectivity index (χ1n) is 7.79. The van der Waals surface area contributed by atoms with Gasteiger partial charge in [-0.2, -0.15) is 0 Å². The summed E-state index contributed by atoms with van der Waals surface area (Å²) in [5.41, 5.74) is 4.90. The van der Waals surface area contributed by atoms with Crippen molar-refractivity contribution in [1.82, 2.24) is 10.9 Å². The smallest absolute Gasteiger partial charge is 0.338 e. The van der Waals surface area contributed by atoms with Crippen LogP contribution >= 0.6 is 11.3 Å². The Labute approximate surface area is 154 Å². The van der Waals surface area contributed by atoms with E-state index in [1.165, 1.54) is 17.4 Å². The molecule has 0 radical (unpaired) electrons. The van der Waals surface area contributed by atoms with Gasteiger partial charge in [-0.3, -0.25) is 20.4 Å². The summed E-state index contributed by atoms with van der Waals surface area (Å²) in [7, 11) is 0.